The van der Waals surface area contributed by atoms with Crippen LogP contribution in [0.2, 0.25) is 5.02 Å². The molecule has 0 saturated heterocycles. The van der Waals surface area contributed by atoms with Gasteiger partial charge in [-0.15, -0.1) is 0 Å². The van der Waals surface area contributed by atoms with Gasteiger partial charge in [-0.2, -0.15) is 0 Å². The van der Waals surface area contributed by atoms with Crippen molar-refractivity contribution in [3.8, 4) is 0 Å². The summed E-state index contributed by atoms with van der Waals surface area (Å²) in [6.45, 7) is 1.86. The monoisotopic (exact) mass is 730 g/mol. The number of aromatic nitrogens is 6. The summed E-state index contributed by atoms with van der Waals surface area (Å²) >= 11 is 10.8. The van der Waals surface area contributed by atoms with Gasteiger partial charge in [-0.05, 0) is 42.3 Å². The van der Waals surface area contributed by atoms with Crippen LogP contribution in [0, 0.1) is 5.82 Å². The van der Waals surface area contributed by atoms with Crippen LogP contribution in [0.4, 0.5) is 15.9 Å². The Morgan fingerprint density at radius 1 is 1.17 bits per heavy atom. The zero-order valence-electron chi connectivity index (χ0n) is 18.7. The molecule has 2 aromatic carbocycles. The molecule has 1 unspecified atom stereocenters. The minimum absolute atomic E-state index is 0.286. The van der Waals surface area contributed by atoms with Gasteiger partial charge in [0, 0.05) is 8.86 Å². The predicted octanol–water partition coefficient (Wildman–Crippen LogP) is 5.77. The molecular formula is C23H18ClFI2N8O. The highest BCUT2D eigenvalue weighted by atomic mass is 127. The number of anilines is 2. The quantitative estimate of drug-likeness (QED) is 0.144. The van der Waals surface area contributed by atoms with Gasteiger partial charge in [0.15, 0.2) is 17.3 Å². The SMILES string of the molecule is CC(Nc1ncnc2[nH]cnc12)c1nc2cccc(Cl)c2c(=O)n1Nc1c(CI)cc(F)cc1CI. The number of H-pyrrole nitrogens is 1. The molecule has 0 aliphatic rings. The summed E-state index contributed by atoms with van der Waals surface area (Å²) in [4.78, 5) is 34.3. The summed E-state index contributed by atoms with van der Waals surface area (Å²) in [5.74, 6) is 0.552. The van der Waals surface area contributed by atoms with E-state index in [1.807, 2.05) is 6.92 Å². The summed E-state index contributed by atoms with van der Waals surface area (Å²) < 4.78 is 16.7. The number of halogens is 4. The van der Waals surface area contributed by atoms with Crippen LogP contribution in [0.1, 0.15) is 29.9 Å². The molecule has 13 heteroatoms. The molecule has 0 saturated carbocycles. The Morgan fingerprint density at radius 3 is 2.64 bits per heavy atom. The Bertz CT molecular complexity index is 1630. The van der Waals surface area contributed by atoms with Gasteiger partial charge in [-0.3, -0.25) is 10.2 Å². The van der Waals surface area contributed by atoms with Gasteiger partial charge in [0.25, 0.3) is 5.56 Å². The average Bonchev–Trinajstić information content (AvgIpc) is 3.36. The lowest BCUT2D eigenvalue weighted by atomic mass is 10.1. The minimum Gasteiger partial charge on any atom is -0.358 e. The maximum Gasteiger partial charge on any atom is 0.281 e. The topological polar surface area (TPSA) is 113 Å². The Morgan fingerprint density at radius 2 is 1.92 bits per heavy atom. The number of alkyl halides is 2. The highest BCUT2D eigenvalue weighted by Gasteiger charge is 2.22. The highest BCUT2D eigenvalue weighted by molar-refractivity contribution is 14.1. The van der Waals surface area contributed by atoms with Crippen LogP contribution in [0.15, 0.2) is 47.8 Å². The number of benzene rings is 2. The Hall–Kier alpha value is -2.59. The molecule has 0 bridgehead atoms. The van der Waals surface area contributed by atoms with Crippen LogP contribution < -0.4 is 16.3 Å². The Kier molecular flexibility index (Phi) is 7.25. The number of rotatable bonds is 7. The van der Waals surface area contributed by atoms with E-state index in [4.69, 9.17) is 16.6 Å². The smallest absolute Gasteiger partial charge is 0.281 e. The van der Waals surface area contributed by atoms with Gasteiger partial charge in [-0.1, -0.05) is 62.8 Å². The van der Waals surface area contributed by atoms with Crippen LogP contribution >= 0.6 is 56.8 Å². The summed E-state index contributed by atoms with van der Waals surface area (Å²) in [7, 11) is 0. The molecule has 5 aromatic rings. The first-order valence-corrected chi connectivity index (χ1v) is 14.2. The second-order valence-corrected chi connectivity index (χ2v) is 9.84. The summed E-state index contributed by atoms with van der Waals surface area (Å²) in [6, 6.07) is 7.58. The number of aromatic amines is 1. The molecule has 0 fully saturated rings. The third-order valence-electron chi connectivity index (χ3n) is 5.61. The predicted molar refractivity (Wildman–Crippen MR) is 156 cm³/mol. The van der Waals surface area contributed by atoms with Gasteiger partial charge in [0.1, 0.15) is 17.7 Å². The van der Waals surface area contributed by atoms with E-state index in [-0.39, 0.29) is 16.8 Å². The molecule has 0 amide bonds. The molecule has 5 rings (SSSR count). The van der Waals surface area contributed by atoms with Crippen LogP contribution in [-0.2, 0) is 8.86 Å². The van der Waals surface area contributed by atoms with E-state index >= 15 is 0 Å². The largest absolute Gasteiger partial charge is 0.358 e. The first kappa shape index (κ1) is 25.1. The van der Waals surface area contributed by atoms with E-state index in [2.05, 4.69) is 75.9 Å². The van der Waals surface area contributed by atoms with E-state index < -0.39 is 6.04 Å². The van der Waals surface area contributed by atoms with E-state index in [0.717, 1.165) is 11.1 Å². The van der Waals surface area contributed by atoms with Gasteiger partial charge >= 0.3 is 0 Å². The zero-order chi connectivity index (χ0) is 25.4. The molecule has 36 heavy (non-hydrogen) atoms. The van der Waals surface area contributed by atoms with E-state index in [9.17, 15) is 9.18 Å². The summed E-state index contributed by atoms with van der Waals surface area (Å²) in [5, 5.41) is 3.88. The molecule has 3 N–H and O–H groups in total. The number of hydrogen-bond acceptors (Lipinski definition) is 7. The summed E-state index contributed by atoms with van der Waals surface area (Å²) in [5.41, 5.74) is 6.59. The third kappa shape index (κ3) is 4.61. The number of hydrogen-bond donors (Lipinski definition) is 3. The zero-order valence-corrected chi connectivity index (χ0v) is 23.8. The van der Waals surface area contributed by atoms with Crippen molar-refractivity contribution in [2.45, 2.75) is 21.8 Å². The highest BCUT2D eigenvalue weighted by Crippen LogP contribution is 2.29. The fraction of sp³-hybridized carbons (Fsp3) is 0.174. The van der Waals surface area contributed by atoms with Crippen molar-refractivity contribution in [1.29, 1.82) is 0 Å². The van der Waals surface area contributed by atoms with Crippen LogP contribution in [0.5, 0.6) is 0 Å². The fourth-order valence-corrected chi connectivity index (χ4v) is 5.39. The standard InChI is InChI=1S/C23H18ClFI2N8O/c1-11(32-21-19-20(29-9-28-19)30-10-31-21)22-33-16-4-2-3-15(24)17(16)23(36)35(22)34-18-12(7-26)5-14(25)6-13(18)8-27/h2-6,9-11,34H,7-8H2,1H3,(H2,28,29,30,31,32). The molecule has 3 aromatic heterocycles. The lowest BCUT2D eigenvalue weighted by Crippen LogP contribution is -2.34. The molecule has 184 valence electrons. The second-order valence-electron chi connectivity index (χ2n) is 7.91. The first-order valence-electron chi connectivity index (χ1n) is 10.7. The third-order valence-corrected chi connectivity index (χ3v) is 7.57. The number of imidazole rings is 1. The molecule has 0 aliphatic heterocycles. The molecule has 0 aliphatic carbocycles. The van der Waals surface area contributed by atoms with Crippen molar-refractivity contribution in [2.75, 3.05) is 10.7 Å². The van der Waals surface area contributed by atoms with Gasteiger partial charge < -0.3 is 10.3 Å². The van der Waals surface area contributed by atoms with Gasteiger partial charge in [-0.25, -0.2) is 29.0 Å². The van der Waals surface area contributed by atoms with Crippen molar-refractivity contribution in [3.05, 3.63) is 81.1 Å². The Labute approximate surface area is 236 Å². The maximum absolute atomic E-state index is 14.2. The fourth-order valence-electron chi connectivity index (χ4n) is 3.94. The lowest BCUT2D eigenvalue weighted by Gasteiger charge is -2.23. The molecule has 0 radical (unpaired) electrons. The number of fused-ring (bicyclic) bond motifs is 2. The van der Waals surface area contributed by atoms with Crippen LogP contribution in [0.3, 0.4) is 0 Å². The molecule has 3 heterocycles. The average molecular weight is 731 g/mol. The lowest BCUT2D eigenvalue weighted by molar-refractivity contribution is 0.625. The molecule has 9 nitrogen and oxygen atoms in total. The van der Waals surface area contributed by atoms with Crippen LogP contribution in [0.25, 0.3) is 22.1 Å². The first-order chi connectivity index (χ1) is 17.4. The second kappa shape index (κ2) is 10.4. The normalized spacial score (nSPS) is 12.2. The van der Waals surface area contributed by atoms with Crippen molar-refractivity contribution in [3.63, 3.8) is 0 Å². The van der Waals surface area contributed by atoms with Gasteiger partial charge in [0.2, 0.25) is 0 Å². The Balaban J connectivity index is 1.69. The molecule has 1 atom stereocenters. The van der Waals surface area contributed by atoms with E-state index in [0.29, 0.717) is 47.9 Å². The summed E-state index contributed by atoms with van der Waals surface area (Å²) in [6.07, 6.45) is 2.96. The van der Waals surface area contributed by atoms with Crippen molar-refractivity contribution >= 4 is 90.4 Å². The van der Waals surface area contributed by atoms with Crippen molar-refractivity contribution in [2.24, 2.45) is 0 Å². The maximum atomic E-state index is 14.2. The van der Waals surface area contributed by atoms with E-state index in [1.165, 1.54) is 29.5 Å². The van der Waals surface area contributed by atoms with E-state index in [1.54, 1.807) is 18.2 Å². The molecular weight excluding hydrogens is 713 g/mol. The van der Waals surface area contributed by atoms with Crippen molar-refractivity contribution in [1.82, 2.24) is 29.6 Å². The number of nitrogens with zero attached hydrogens (tertiary/aromatic N) is 5. The van der Waals surface area contributed by atoms with Crippen molar-refractivity contribution < 1.29 is 4.39 Å². The van der Waals surface area contributed by atoms with Gasteiger partial charge in [0.05, 0.1) is 34.0 Å². The van der Waals surface area contributed by atoms with Crippen LogP contribution in [-0.4, -0.2) is 29.6 Å². The number of nitrogens with one attached hydrogen (secondary N) is 3. The molecule has 0 spiro atoms. The minimum atomic E-state index is -0.491.